The topological polar surface area (TPSA) is 66.4 Å². The summed E-state index contributed by atoms with van der Waals surface area (Å²) in [4.78, 5) is 9.20. The van der Waals surface area contributed by atoms with Crippen LogP contribution in [0.3, 0.4) is 0 Å². The summed E-state index contributed by atoms with van der Waals surface area (Å²) in [6.45, 7) is 6.67. The lowest BCUT2D eigenvalue weighted by Crippen LogP contribution is -2.47. The van der Waals surface area contributed by atoms with E-state index < -0.39 is 0 Å². The number of hydrogen-bond acceptors (Lipinski definition) is 7. The number of hydrogen-bond donors (Lipinski definition) is 1. The van der Waals surface area contributed by atoms with Gasteiger partial charge in [0, 0.05) is 32.7 Å². The van der Waals surface area contributed by atoms with Gasteiger partial charge in [0.1, 0.15) is 5.75 Å². The SMILES string of the molecule is CCCCNc1nncc(N2CCN(c3ccccc3OC)CC2)n1. The van der Waals surface area contributed by atoms with E-state index in [0.717, 1.165) is 62.8 Å². The van der Waals surface area contributed by atoms with Gasteiger partial charge < -0.3 is 19.9 Å². The van der Waals surface area contributed by atoms with E-state index in [1.807, 2.05) is 18.2 Å². The van der Waals surface area contributed by atoms with E-state index in [1.54, 1.807) is 13.3 Å². The predicted molar refractivity (Wildman–Crippen MR) is 101 cm³/mol. The van der Waals surface area contributed by atoms with Gasteiger partial charge in [-0.3, -0.25) is 0 Å². The van der Waals surface area contributed by atoms with Gasteiger partial charge in [-0.25, -0.2) is 0 Å². The van der Waals surface area contributed by atoms with Crippen molar-refractivity contribution in [3.8, 4) is 5.75 Å². The highest BCUT2D eigenvalue weighted by Gasteiger charge is 2.21. The number of ether oxygens (including phenoxy) is 1. The van der Waals surface area contributed by atoms with Gasteiger partial charge >= 0.3 is 0 Å². The summed E-state index contributed by atoms with van der Waals surface area (Å²) in [5.74, 6) is 2.41. The molecule has 0 bridgehead atoms. The van der Waals surface area contributed by atoms with Crippen LogP contribution in [0.4, 0.5) is 17.5 Å². The molecule has 0 atom stereocenters. The number of para-hydroxylation sites is 2. The van der Waals surface area contributed by atoms with Crippen molar-refractivity contribution in [1.29, 1.82) is 0 Å². The van der Waals surface area contributed by atoms with E-state index in [-0.39, 0.29) is 0 Å². The predicted octanol–water partition coefficient (Wildman–Crippen LogP) is 2.42. The molecule has 7 heteroatoms. The molecule has 1 aromatic carbocycles. The van der Waals surface area contributed by atoms with Crippen molar-refractivity contribution in [1.82, 2.24) is 15.2 Å². The maximum absolute atomic E-state index is 5.48. The normalized spacial score (nSPS) is 14.5. The van der Waals surface area contributed by atoms with Gasteiger partial charge in [-0.2, -0.15) is 10.1 Å². The standard InChI is InChI=1S/C18H26N6O/c1-3-4-9-19-18-21-17(14-20-22-18)24-12-10-23(11-13-24)15-7-5-6-8-16(15)25-2/h5-8,14H,3-4,9-13H2,1-2H3,(H,19,21,22). The van der Waals surface area contributed by atoms with Crippen molar-refractivity contribution < 1.29 is 4.74 Å². The quantitative estimate of drug-likeness (QED) is 0.775. The third-order valence-corrected chi connectivity index (χ3v) is 4.39. The molecule has 25 heavy (non-hydrogen) atoms. The maximum atomic E-state index is 5.48. The number of benzene rings is 1. The third kappa shape index (κ3) is 4.29. The zero-order valence-electron chi connectivity index (χ0n) is 15.0. The molecular formula is C18H26N6O. The molecule has 1 aliphatic heterocycles. The van der Waals surface area contributed by atoms with Crippen LogP contribution in [0.5, 0.6) is 5.75 Å². The van der Waals surface area contributed by atoms with Gasteiger partial charge in [0.2, 0.25) is 5.95 Å². The fraction of sp³-hybridized carbons (Fsp3) is 0.500. The molecule has 1 aliphatic rings. The lowest BCUT2D eigenvalue weighted by atomic mass is 10.2. The highest BCUT2D eigenvalue weighted by Crippen LogP contribution is 2.28. The van der Waals surface area contributed by atoms with E-state index in [4.69, 9.17) is 4.74 Å². The number of rotatable bonds is 7. The molecule has 1 saturated heterocycles. The Bertz CT molecular complexity index is 672. The van der Waals surface area contributed by atoms with Crippen LogP contribution in [-0.2, 0) is 0 Å². The highest BCUT2D eigenvalue weighted by molar-refractivity contribution is 5.59. The molecular weight excluding hydrogens is 316 g/mol. The first-order valence-corrected chi connectivity index (χ1v) is 8.88. The molecule has 0 amide bonds. The Morgan fingerprint density at radius 1 is 1.12 bits per heavy atom. The second-order valence-electron chi connectivity index (χ2n) is 6.06. The van der Waals surface area contributed by atoms with Gasteiger partial charge in [0.25, 0.3) is 0 Å². The monoisotopic (exact) mass is 342 g/mol. The van der Waals surface area contributed by atoms with Gasteiger partial charge in [-0.05, 0) is 18.6 Å². The minimum Gasteiger partial charge on any atom is -0.495 e. The van der Waals surface area contributed by atoms with Crippen LogP contribution in [0.2, 0.25) is 0 Å². The second-order valence-corrected chi connectivity index (χ2v) is 6.06. The number of nitrogens with one attached hydrogen (secondary N) is 1. The number of aromatic nitrogens is 3. The molecule has 0 spiro atoms. The molecule has 0 unspecified atom stereocenters. The van der Waals surface area contributed by atoms with E-state index in [1.165, 1.54) is 0 Å². The largest absolute Gasteiger partial charge is 0.495 e. The van der Waals surface area contributed by atoms with Crippen LogP contribution in [0.25, 0.3) is 0 Å². The van der Waals surface area contributed by atoms with E-state index in [2.05, 4.69) is 43.3 Å². The van der Waals surface area contributed by atoms with Crippen molar-refractivity contribution in [2.24, 2.45) is 0 Å². The van der Waals surface area contributed by atoms with E-state index >= 15 is 0 Å². The molecule has 2 aromatic rings. The Hall–Kier alpha value is -2.57. The van der Waals surface area contributed by atoms with E-state index in [0.29, 0.717) is 5.95 Å². The first-order chi connectivity index (χ1) is 12.3. The second kappa shape index (κ2) is 8.50. The third-order valence-electron chi connectivity index (χ3n) is 4.39. The van der Waals surface area contributed by atoms with Crippen molar-refractivity contribution in [3.63, 3.8) is 0 Å². The summed E-state index contributed by atoms with van der Waals surface area (Å²) in [5.41, 5.74) is 1.15. The zero-order chi connectivity index (χ0) is 17.5. The summed E-state index contributed by atoms with van der Waals surface area (Å²) in [7, 11) is 1.72. The summed E-state index contributed by atoms with van der Waals surface area (Å²) >= 11 is 0. The highest BCUT2D eigenvalue weighted by atomic mass is 16.5. The summed E-state index contributed by atoms with van der Waals surface area (Å²) < 4.78 is 5.48. The number of unbranched alkanes of at least 4 members (excludes halogenated alkanes) is 1. The van der Waals surface area contributed by atoms with Crippen molar-refractivity contribution in [2.45, 2.75) is 19.8 Å². The minimum atomic E-state index is 0.609. The molecule has 0 radical (unpaired) electrons. The van der Waals surface area contributed by atoms with Crippen LogP contribution >= 0.6 is 0 Å². The first-order valence-electron chi connectivity index (χ1n) is 8.88. The van der Waals surface area contributed by atoms with Gasteiger partial charge in [0.15, 0.2) is 5.82 Å². The fourth-order valence-electron chi connectivity index (χ4n) is 2.97. The van der Waals surface area contributed by atoms with Gasteiger partial charge in [-0.15, -0.1) is 5.10 Å². The molecule has 0 saturated carbocycles. The van der Waals surface area contributed by atoms with Crippen LogP contribution in [0.1, 0.15) is 19.8 Å². The van der Waals surface area contributed by atoms with Gasteiger partial charge in [0.05, 0.1) is 19.0 Å². The van der Waals surface area contributed by atoms with E-state index in [9.17, 15) is 0 Å². The fourth-order valence-corrected chi connectivity index (χ4v) is 2.97. The number of anilines is 3. The number of methoxy groups -OCH3 is 1. The lowest BCUT2D eigenvalue weighted by molar-refractivity contribution is 0.413. The summed E-state index contributed by atoms with van der Waals surface area (Å²) in [6, 6.07) is 8.16. The van der Waals surface area contributed by atoms with Crippen molar-refractivity contribution >= 4 is 17.5 Å². The molecule has 3 rings (SSSR count). The average molecular weight is 342 g/mol. The summed E-state index contributed by atoms with van der Waals surface area (Å²) in [5, 5.41) is 11.4. The van der Waals surface area contributed by atoms with Gasteiger partial charge in [-0.1, -0.05) is 25.5 Å². The molecule has 2 heterocycles. The Morgan fingerprint density at radius 3 is 2.64 bits per heavy atom. The number of piperazine rings is 1. The van der Waals surface area contributed by atoms with Crippen LogP contribution in [0, 0.1) is 0 Å². The minimum absolute atomic E-state index is 0.609. The lowest BCUT2D eigenvalue weighted by Gasteiger charge is -2.37. The Labute approximate surface area is 149 Å². The summed E-state index contributed by atoms with van der Waals surface area (Å²) in [6.07, 6.45) is 3.99. The van der Waals surface area contributed by atoms with Crippen molar-refractivity contribution in [2.75, 3.05) is 55.0 Å². The molecule has 7 nitrogen and oxygen atoms in total. The molecule has 1 aromatic heterocycles. The molecule has 1 N–H and O–H groups in total. The van der Waals surface area contributed by atoms with Crippen LogP contribution in [-0.4, -0.2) is 55.0 Å². The maximum Gasteiger partial charge on any atom is 0.244 e. The molecule has 1 fully saturated rings. The van der Waals surface area contributed by atoms with Crippen molar-refractivity contribution in [3.05, 3.63) is 30.5 Å². The first kappa shape index (κ1) is 17.3. The molecule has 0 aliphatic carbocycles. The van der Waals surface area contributed by atoms with Crippen LogP contribution in [0.15, 0.2) is 30.5 Å². The Kier molecular flexibility index (Phi) is 5.87. The average Bonchev–Trinajstić information content (AvgIpc) is 2.68. The smallest absolute Gasteiger partial charge is 0.244 e. The Morgan fingerprint density at radius 2 is 1.88 bits per heavy atom. The zero-order valence-corrected chi connectivity index (χ0v) is 15.0. The Balaban J connectivity index is 1.61. The van der Waals surface area contributed by atoms with Crippen LogP contribution < -0.4 is 19.9 Å². The molecule has 134 valence electrons. The number of nitrogens with zero attached hydrogens (tertiary/aromatic N) is 5.